The lowest BCUT2D eigenvalue weighted by molar-refractivity contribution is 0.0891. The van der Waals surface area contributed by atoms with Crippen molar-refractivity contribution in [3.63, 3.8) is 0 Å². The standard InChI is InChI=1S/C19H20N4O4/c1-4-22(5-2)13-7-6-12-8-14(19(26)27-16(12)9-13)15-10-21-23(11(3)24)17(15)18(20)25/h6-10H,4-5H2,1-3H3,(H2,20,25). The first-order valence-electron chi connectivity index (χ1n) is 8.59. The van der Waals surface area contributed by atoms with Gasteiger partial charge in [0.15, 0.2) is 0 Å². The van der Waals surface area contributed by atoms with Crippen LogP contribution in [0.2, 0.25) is 0 Å². The van der Waals surface area contributed by atoms with Crippen LogP contribution in [0.5, 0.6) is 0 Å². The van der Waals surface area contributed by atoms with Gasteiger partial charge in [-0.15, -0.1) is 0 Å². The average Bonchev–Trinajstić information content (AvgIpc) is 3.07. The molecule has 0 saturated heterocycles. The molecule has 0 aliphatic heterocycles. The average molecular weight is 368 g/mol. The number of anilines is 1. The molecule has 0 unspecified atom stereocenters. The van der Waals surface area contributed by atoms with Crippen LogP contribution in [0.4, 0.5) is 5.69 Å². The Balaban J connectivity index is 2.19. The molecule has 0 saturated carbocycles. The van der Waals surface area contributed by atoms with Crippen LogP contribution in [0, 0.1) is 0 Å². The van der Waals surface area contributed by atoms with Crippen molar-refractivity contribution >= 4 is 28.5 Å². The molecular weight excluding hydrogens is 348 g/mol. The normalized spacial score (nSPS) is 10.9. The van der Waals surface area contributed by atoms with Crippen molar-refractivity contribution in [3.05, 3.63) is 46.6 Å². The highest BCUT2D eigenvalue weighted by Crippen LogP contribution is 2.27. The van der Waals surface area contributed by atoms with Crippen LogP contribution >= 0.6 is 0 Å². The van der Waals surface area contributed by atoms with E-state index in [2.05, 4.69) is 10.00 Å². The van der Waals surface area contributed by atoms with Gasteiger partial charge < -0.3 is 15.1 Å². The fourth-order valence-electron chi connectivity index (χ4n) is 3.09. The number of amides is 1. The van der Waals surface area contributed by atoms with Crippen molar-refractivity contribution in [1.29, 1.82) is 0 Å². The van der Waals surface area contributed by atoms with Gasteiger partial charge in [0, 0.05) is 42.7 Å². The summed E-state index contributed by atoms with van der Waals surface area (Å²) in [4.78, 5) is 38.2. The monoisotopic (exact) mass is 368 g/mol. The summed E-state index contributed by atoms with van der Waals surface area (Å²) < 4.78 is 6.35. The second-order valence-corrected chi connectivity index (χ2v) is 6.04. The predicted molar refractivity (Wildman–Crippen MR) is 102 cm³/mol. The predicted octanol–water partition coefficient (Wildman–Crippen LogP) is 2.26. The molecule has 3 rings (SSSR count). The highest BCUT2D eigenvalue weighted by atomic mass is 16.4. The molecule has 0 radical (unpaired) electrons. The molecule has 1 aromatic carbocycles. The molecular formula is C19H20N4O4. The Hall–Kier alpha value is -3.42. The van der Waals surface area contributed by atoms with E-state index in [1.807, 2.05) is 32.0 Å². The molecule has 2 heterocycles. The van der Waals surface area contributed by atoms with Crippen LogP contribution in [0.15, 0.2) is 39.7 Å². The van der Waals surface area contributed by atoms with Gasteiger partial charge in [-0.25, -0.2) is 4.79 Å². The Morgan fingerprint density at radius 3 is 2.48 bits per heavy atom. The van der Waals surface area contributed by atoms with E-state index in [0.717, 1.165) is 23.5 Å². The SMILES string of the molecule is CCN(CC)c1ccc2cc(-c3cnn(C(C)=O)c3C(N)=O)c(=O)oc2c1. The number of benzene rings is 1. The van der Waals surface area contributed by atoms with Gasteiger partial charge in [0.1, 0.15) is 11.3 Å². The summed E-state index contributed by atoms with van der Waals surface area (Å²) in [5.41, 5.74) is 6.29. The molecule has 0 fully saturated rings. The van der Waals surface area contributed by atoms with Gasteiger partial charge in [-0.3, -0.25) is 9.59 Å². The van der Waals surface area contributed by atoms with Gasteiger partial charge in [-0.1, -0.05) is 0 Å². The molecule has 8 nitrogen and oxygen atoms in total. The van der Waals surface area contributed by atoms with Gasteiger partial charge >= 0.3 is 5.63 Å². The summed E-state index contributed by atoms with van der Waals surface area (Å²) >= 11 is 0. The van der Waals surface area contributed by atoms with Crippen LogP contribution in [0.25, 0.3) is 22.1 Å². The first-order chi connectivity index (χ1) is 12.9. The minimum atomic E-state index is -0.853. The summed E-state index contributed by atoms with van der Waals surface area (Å²) in [6, 6.07) is 7.20. The smallest absolute Gasteiger partial charge is 0.344 e. The summed E-state index contributed by atoms with van der Waals surface area (Å²) in [5.74, 6) is -1.34. The summed E-state index contributed by atoms with van der Waals surface area (Å²) in [6.07, 6.45) is 1.27. The number of aromatic nitrogens is 2. The fraction of sp³-hybridized carbons (Fsp3) is 0.263. The number of nitrogens with two attached hydrogens (primary N) is 1. The van der Waals surface area contributed by atoms with Gasteiger partial charge in [0.2, 0.25) is 5.91 Å². The molecule has 140 valence electrons. The Bertz CT molecular complexity index is 1090. The molecule has 0 aliphatic rings. The summed E-state index contributed by atoms with van der Waals surface area (Å²) in [5, 5.41) is 4.56. The van der Waals surface area contributed by atoms with E-state index in [4.69, 9.17) is 10.2 Å². The third-order valence-electron chi connectivity index (χ3n) is 4.44. The highest BCUT2D eigenvalue weighted by molar-refractivity contribution is 6.01. The van der Waals surface area contributed by atoms with E-state index in [0.29, 0.717) is 11.0 Å². The van der Waals surface area contributed by atoms with Crippen LogP contribution in [0.1, 0.15) is 36.1 Å². The quantitative estimate of drug-likeness (QED) is 0.692. The molecule has 0 atom stereocenters. The molecule has 8 heteroatoms. The molecule has 27 heavy (non-hydrogen) atoms. The van der Waals surface area contributed by atoms with Crippen molar-refractivity contribution in [3.8, 4) is 11.1 Å². The van der Waals surface area contributed by atoms with Crippen molar-refractivity contribution in [1.82, 2.24) is 9.78 Å². The van der Waals surface area contributed by atoms with E-state index in [1.54, 1.807) is 6.07 Å². The number of hydrogen-bond acceptors (Lipinski definition) is 6. The molecule has 1 amide bonds. The highest BCUT2D eigenvalue weighted by Gasteiger charge is 2.22. The number of fused-ring (bicyclic) bond motifs is 1. The number of nitrogens with zero attached hydrogens (tertiary/aromatic N) is 3. The number of rotatable bonds is 5. The number of carbonyl (C=O) groups excluding carboxylic acids is 2. The molecule has 0 aliphatic carbocycles. The second-order valence-electron chi connectivity index (χ2n) is 6.04. The van der Waals surface area contributed by atoms with Gasteiger partial charge in [0.25, 0.3) is 5.91 Å². The third kappa shape index (κ3) is 3.21. The summed E-state index contributed by atoms with van der Waals surface area (Å²) in [6.45, 7) is 7.00. The van der Waals surface area contributed by atoms with Crippen LogP contribution in [-0.4, -0.2) is 34.7 Å². The zero-order valence-electron chi connectivity index (χ0n) is 15.4. The van der Waals surface area contributed by atoms with Crippen molar-refractivity contribution in [2.24, 2.45) is 5.73 Å². The van der Waals surface area contributed by atoms with Crippen molar-refractivity contribution < 1.29 is 14.0 Å². The molecule has 2 N–H and O–H groups in total. The lowest BCUT2D eigenvalue weighted by Crippen LogP contribution is -2.22. The van der Waals surface area contributed by atoms with Crippen LogP contribution < -0.4 is 16.3 Å². The number of hydrogen-bond donors (Lipinski definition) is 1. The Morgan fingerprint density at radius 1 is 1.19 bits per heavy atom. The largest absolute Gasteiger partial charge is 0.422 e. The second kappa shape index (κ2) is 7.06. The zero-order chi connectivity index (χ0) is 19.7. The molecule has 0 bridgehead atoms. The Labute approximate surface area is 155 Å². The maximum atomic E-state index is 12.6. The third-order valence-corrected chi connectivity index (χ3v) is 4.44. The zero-order valence-corrected chi connectivity index (χ0v) is 15.4. The van der Waals surface area contributed by atoms with Crippen LogP contribution in [-0.2, 0) is 0 Å². The maximum absolute atomic E-state index is 12.6. The molecule has 3 aromatic rings. The molecule has 2 aromatic heterocycles. The van der Waals surface area contributed by atoms with Crippen molar-refractivity contribution in [2.45, 2.75) is 20.8 Å². The first-order valence-corrected chi connectivity index (χ1v) is 8.59. The van der Waals surface area contributed by atoms with Gasteiger partial charge in [-0.2, -0.15) is 9.78 Å². The maximum Gasteiger partial charge on any atom is 0.344 e. The van der Waals surface area contributed by atoms with E-state index in [1.165, 1.54) is 13.1 Å². The lowest BCUT2D eigenvalue weighted by atomic mass is 10.1. The lowest BCUT2D eigenvalue weighted by Gasteiger charge is -2.21. The Morgan fingerprint density at radius 2 is 1.89 bits per heavy atom. The van der Waals surface area contributed by atoms with Crippen LogP contribution in [0.3, 0.4) is 0 Å². The first kappa shape index (κ1) is 18.4. The van der Waals surface area contributed by atoms with E-state index in [-0.39, 0.29) is 16.8 Å². The van der Waals surface area contributed by atoms with Crippen molar-refractivity contribution in [2.75, 3.05) is 18.0 Å². The fourth-order valence-corrected chi connectivity index (χ4v) is 3.09. The topological polar surface area (TPSA) is 111 Å². The number of carbonyl (C=O) groups is 2. The minimum Gasteiger partial charge on any atom is -0.422 e. The minimum absolute atomic E-state index is 0.124. The van der Waals surface area contributed by atoms with Gasteiger partial charge in [0.05, 0.1) is 11.8 Å². The molecule has 0 spiro atoms. The van der Waals surface area contributed by atoms with E-state index < -0.39 is 17.4 Å². The number of primary amides is 1. The van der Waals surface area contributed by atoms with E-state index in [9.17, 15) is 14.4 Å². The van der Waals surface area contributed by atoms with Gasteiger partial charge in [-0.05, 0) is 32.0 Å². The van der Waals surface area contributed by atoms with E-state index >= 15 is 0 Å². The Kier molecular flexibility index (Phi) is 4.81. The summed E-state index contributed by atoms with van der Waals surface area (Å²) in [7, 11) is 0.